The SMILES string of the molecule is I.NC(=NCCNc1ccccc1[N+](=O)[O-])NC1CCCCCC1. The van der Waals surface area contributed by atoms with Gasteiger partial charge in [0.05, 0.1) is 11.5 Å². The van der Waals surface area contributed by atoms with E-state index in [0.717, 1.165) is 12.8 Å². The van der Waals surface area contributed by atoms with E-state index in [-0.39, 0.29) is 29.7 Å². The van der Waals surface area contributed by atoms with Crippen LogP contribution in [0.3, 0.4) is 0 Å². The highest BCUT2D eigenvalue weighted by molar-refractivity contribution is 14.0. The van der Waals surface area contributed by atoms with Crippen molar-refractivity contribution in [3.8, 4) is 0 Å². The van der Waals surface area contributed by atoms with E-state index in [0.29, 0.717) is 30.8 Å². The molecule has 1 fully saturated rings. The summed E-state index contributed by atoms with van der Waals surface area (Å²) in [5.41, 5.74) is 6.49. The summed E-state index contributed by atoms with van der Waals surface area (Å²) in [5.74, 6) is 0.460. The maximum atomic E-state index is 10.9. The highest BCUT2D eigenvalue weighted by Gasteiger charge is 2.13. The van der Waals surface area contributed by atoms with Gasteiger partial charge in [-0.1, -0.05) is 37.8 Å². The lowest BCUT2D eigenvalue weighted by molar-refractivity contribution is -0.384. The van der Waals surface area contributed by atoms with Gasteiger partial charge >= 0.3 is 0 Å². The third-order valence-corrected chi connectivity index (χ3v) is 4.02. The lowest BCUT2D eigenvalue weighted by Gasteiger charge is -2.16. The van der Waals surface area contributed by atoms with Crippen molar-refractivity contribution in [2.75, 3.05) is 18.4 Å². The second kappa shape index (κ2) is 11.1. The van der Waals surface area contributed by atoms with Crippen molar-refractivity contribution in [2.24, 2.45) is 10.7 Å². The Bertz CT molecular complexity index is 545. The minimum Gasteiger partial charge on any atom is -0.378 e. The van der Waals surface area contributed by atoms with E-state index >= 15 is 0 Å². The number of para-hydroxylation sites is 2. The summed E-state index contributed by atoms with van der Waals surface area (Å²) in [7, 11) is 0. The minimum absolute atomic E-state index is 0. The summed E-state index contributed by atoms with van der Waals surface area (Å²) >= 11 is 0. The molecule has 2 rings (SSSR count). The molecule has 8 heteroatoms. The Morgan fingerprint density at radius 2 is 1.92 bits per heavy atom. The standard InChI is InChI=1S/C16H25N5O2.HI/c17-16(20-13-7-3-1-2-4-8-13)19-12-11-18-14-9-5-6-10-15(14)21(22)23;/h5-6,9-10,13,18H,1-4,7-8,11-12H2,(H3,17,19,20);1H. The molecule has 1 aromatic rings. The summed E-state index contributed by atoms with van der Waals surface area (Å²) in [6.45, 7) is 0.968. The zero-order valence-corrected chi connectivity index (χ0v) is 16.1. The van der Waals surface area contributed by atoms with Gasteiger partial charge in [-0.2, -0.15) is 0 Å². The van der Waals surface area contributed by atoms with Crippen molar-refractivity contribution >= 4 is 41.3 Å². The summed E-state index contributed by atoms with van der Waals surface area (Å²) in [6.07, 6.45) is 7.37. The van der Waals surface area contributed by atoms with Gasteiger partial charge in [-0.3, -0.25) is 15.1 Å². The summed E-state index contributed by atoms with van der Waals surface area (Å²) < 4.78 is 0. The van der Waals surface area contributed by atoms with Crippen LogP contribution < -0.4 is 16.4 Å². The third kappa shape index (κ3) is 6.90. The Hall–Kier alpha value is -1.58. The van der Waals surface area contributed by atoms with Crippen LogP contribution in [0.25, 0.3) is 0 Å². The Morgan fingerprint density at radius 1 is 1.25 bits per heavy atom. The molecule has 0 amide bonds. The number of benzene rings is 1. The first-order valence-electron chi connectivity index (χ1n) is 8.20. The lowest BCUT2D eigenvalue weighted by Crippen LogP contribution is -2.40. The van der Waals surface area contributed by atoms with Crippen molar-refractivity contribution < 1.29 is 4.92 Å². The second-order valence-electron chi connectivity index (χ2n) is 5.80. The number of nitrogens with zero attached hydrogens (tertiary/aromatic N) is 2. The van der Waals surface area contributed by atoms with E-state index in [1.54, 1.807) is 18.2 Å². The monoisotopic (exact) mass is 447 g/mol. The van der Waals surface area contributed by atoms with Crippen LogP contribution >= 0.6 is 24.0 Å². The van der Waals surface area contributed by atoms with Gasteiger partial charge < -0.3 is 16.4 Å². The fraction of sp³-hybridized carbons (Fsp3) is 0.562. The highest BCUT2D eigenvalue weighted by atomic mass is 127. The van der Waals surface area contributed by atoms with Crippen LogP contribution in [0.15, 0.2) is 29.3 Å². The van der Waals surface area contributed by atoms with Gasteiger partial charge in [0.1, 0.15) is 5.69 Å². The highest BCUT2D eigenvalue weighted by Crippen LogP contribution is 2.22. The number of nitrogens with two attached hydrogens (primary N) is 1. The van der Waals surface area contributed by atoms with Gasteiger partial charge in [-0.25, -0.2) is 0 Å². The molecule has 0 unspecified atom stereocenters. The molecule has 0 aliphatic heterocycles. The van der Waals surface area contributed by atoms with Crippen molar-refractivity contribution in [3.63, 3.8) is 0 Å². The molecule has 1 aliphatic carbocycles. The lowest BCUT2D eigenvalue weighted by atomic mass is 10.1. The molecule has 0 heterocycles. The Kier molecular flexibility index (Phi) is 9.43. The van der Waals surface area contributed by atoms with E-state index in [9.17, 15) is 10.1 Å². The molecular formula is C16H26IN5O2. The number of anilines is 1. The molecule has 0 radical (unpaired) electrons. The predicted octanol–water partition coefficient (Wildman–Crippen LogP) is 3.25. The van der Waals surface area contributed by atoms with Crippen LogP contribution in [0.2, 0.25) is 0 Å². The number of nitro benzene ring substituents is 1. The van der Waals surface area contributed by atoms with Gasteiger partial charge in [-0.05, 0) is 18.9 Å². The van der Waals surface area contributed by atoms with Crippen molar-refractivity contribution in [2.45, 2.75) is 44.6 Å². The van der Waals surface area contributed by atoms with Gasteiger partial charge in [0.2, 0.25) is 0 Å². The molecular weight excluding hydrogens is 421 g/mol. The first-order valence-corrected chi connectivity index (χ1v) is 8.20. The number of nitrogens with one attached hydrogen (secondary N) is 2. The Balaban J connectivity index is 0.00000288. The van der Waals surface area contributed by atoms with E-state index in [1.165, 1.54) is 31.7 Å². The third-order valence-electron chi connectivity index (χ3n) is 4.02. The molecule has 1 aromatic carbocycles. The maximum absolute atomic E-state index is 10.9. The zero-order valence-electron chi connectivity index (χ0n) is 13.7. The van der Waals surface area contributed by atoms with Crippen molar-refractivity contribution in [1.82, 2.24) is 5.32 Å². The number of hydrogen-bond donors (Lipinski definition) is 3. The summed E-state index contributed by atoms with van der Waals surface area (Å²) in [5, 5.41) is 17.2. The molecule has 1 saturated carbocycles. The summed E-state index contributed by atoms with van der Waals surface area (Å²) in [4.78, 5) is 14.8. The van der Waals surface area contributed by atoms with Crippen LogP contribution in [0, 0.1) is 10.1 Å². The van der Waals surface area contributed by atoms with Crippen LogP contribution in [0.4, 0.5) is 11.4 Å². The second-order valence-corrected chi connectivity index (χ2v) is 5.80. The van der Waals surface area contributed by atoms with Crippen LogP contribution in [0.5, 0.6) is 0 Å². The van der Waals surface area contributed by atoms with Crippen molar-refractivity contribution in [1.29, 1.82) is 0 Å². The Morgan fingerprint density at radius 3 is 2.58 bits per heavy atom. The van der Waals surface area contributed by atoms with Gasteiger partial charge in [0.15, 0.2) is 5.96 Å². The molecule has 7 nitrogen and oxygen atoms in total. The first-order chi connectivity index (χ1) is 11.2. The molecule has 0 saturated heterocycles. The molecule has 134 valence electrons. The molecule has 1 aliphatic rings. The first kappa shape index (κ1) is 20.5. The van der Waals surface area contributed by atoms with Crippen LogP contribution in [-0.2, 0) is 0 Å². The number of rotatable bonds is 6. The molecule has 0 bridgehead atoms. The van der Waals surface area contributed by atoms with Crippen LogP contribution in [0.1, 0.15) is 38.5 Å². The van der Waals surface area contributed by atoms with E-state index in [4.69, 9.17) is 5.73 Å². The van der Waals surface area contributed by atoms with E-state index < -0.39 is 4.92 Å². The molecule has 24 heavy (non-hydrogen) atoms. The van der Waals surface area contributed by atoms with Gasteiger partial charge in [0.25, 0.3) is 5.69 Å². The predicted molar refractivity (Wildman–Crippen MR) is 108 cm³/mol. The molecule has 0 atom stereocenters. The average Bonchev–Trinajstić information content (AvgIpc) is 2.80. The fourth-order valence-corrected chi connectivity index (χ4v) is 2.83. The number of guanidine groups is 1. The summed E-state index contributed by atoms with van der Waals surface area (Å²) in [6, 6.07) is 7.00. The number of hydrogen-bond acceptors (Lipinski definition) is 4. The average molecular weight is 447 g/mol. The van der Waals surface area contributed by atoms with E-state index in [1.807, 2.05) is 0 Å². The maximum Gasteiger partial charge on any atom is 0.292 e. The van der Waals surface area contributed by atoms with Crippen molar-refractivity contribution in [3.05, 3.63) is 34.4 Å². The topological polar surface area (TPSA) is 106 Å². The van der Waals surface area contributed by atoms with E-state index in [2.05, 4.69) is 15.6 Å². The zero-order chi connectivity index (χ0) is 16.5. The molecule has 0 spiro atoms. The number of halogens is 1. The largest absolute Gasteiger partial charge is 0.378 e. The van der Waals surface area contributed by atoms with Gasteiger partial charge in [0, 0.05) is 18.7 Å². The Labute approximate surface area is 159 Å². The normalized spacial score (nSPS) is 15.9. The molecule has 0 aromatic heterocycles. The van der Waals surface area contributed by atoms with Crippen LogP contribution in [-0.4, -0.2) is 30.0 Å². The molecule has 4 N–H and O–H groups in total. The minimum atomic E-state index is -0.395. The fourth-order valence-electron chi connectivity index (χ4n) is 2.83. The van der Waals surface area contributed by atoms with Gasteiger partial charge in [-0.15, -0.1) is 24.0 Å². The number of nitro groups is 1. The quantitative estimate of drug-likeness (QED) is 0.118. The smallest absolute Gasteiger partial charge is 0.292 e. The number of aliphatic imine (C=N–C) groups is 1.